The van der Waals surface area contributed by atoms with Crippen molar-refractivity contribution in [3.8, 4) is 17.2 Å². The lowest BCUT2D eigenvalue weighted by Crippen LogP contribution is -2.48. The van der Waals surface area contributed by atoms with Gasteiger partial charge in [-0.3, -0.25) is 15.6 Å². The average molecular weight is 427 g/mol. The zero-order valence-electron chi connectivity index (χ0n) is 15.0. The van der Waals surface area contributed by atoms with Crippen LogP contribution in [0.1, 0.15) is 12.5 Å². The maximum Gasteiger partial charge on any atom is 0.416 e. The predicted molar refractivity (Wildman–Crippen MR) is 102 cm³/mol. The van der Waals surface area contributed by atoms with Crippen LogP contribution in [-0.2, 0) is 11.0 Å². The Labute approximate surface area is 169 Å². The van der Waals surface area contributed by atoms with Crippen LogP contribution in [0.25, 0.3) is 0 Å². The Morgan fingerprint density at radius 2 is 1.90 bits per heavy atom. The van der Waals surface area contributed by atoms with E-state index in [1.807, 2.05) is 0 Å². The number of hydrogen-bond donors (Lipinski definition) is 3. The van der Waals surface area contributed by atoms with Gasteiger partial charge in [0.25, 0.3) is 5.91 Å². The Bertz CT molecular complexity index is 923. The minimum atomic E-state index is -4.50. The molecule has 3 rings (SSSR count). The summed E-state index contributed by atoms with van der Waals surface area (Å²) in [6.07, 6.45) is -5.57. The average Bonchev–Trinajstić information content (AvgIpc) is 3.13. The van der Waals surface area contributed by atoms with Crippen LogP contribution in [0.2, 0.25) is 0 Å². The number of alkyl halides is 3. The highest BCUT2D eigenvalue weighted by molar-refractivity contribution is 7.80. The normalized spacial score (nSPS) is 13.4. The van der Waals surface area contributed by atoms with Crippen LogP contribution in [0.4, 0.5) is 18.9 Å². The molecule has 1 aliphatic rings. The molecule has 154 valence electrons. The largest absolute Gasteiger partial charge is 0.481 e. The summed E-state index contributed by atoms with van der Waals surface area (Å²) in [6, 6.07) is 9.36. The van der Waals surface area contributed by atoms with Gasteiger partial charge >= 0.3 is 6.18 Å². The van der Waals surface area contributed by atoms with Gasteiger partial charge in [0.1, 0.15) is 5.75 Å². The molecule has 1 amide bonds. The van der Waals surface area contributed by atoms with Gasteiger partial charge in [0, 0.05) is 11.8 Å². The Balaban J connectivity index is 1.49. The molecule has 1 heterocycles. The van der Waals surface area contributed by atoms with Crippen molar-refractivity contribution in [2.24, 2.45) is 0 Å². The first-order valence-corrected chi connectivity index (χ1v) is 8.73. The van der Waals surface area contributed by atoms with E-state index in [1.54, 1.807) is 18.2 Å². The molecular weight excluding hydrogens is 411 g/mol. The number of carbonyl (C=O) groups excluding carboxylic acids is 1. The van der Waals surface area contributed by atoms with Gasteiger partial charge in [-0.2, -0.15) is 13.2 Å². The minimum absolute atomic E-state index is 0.0801. The zero-order valence-corrected chi connectivity index (χ0v) is 15.8. The molecule has 29 heavy (non-hydrogen) atoms. The molecule has 1 aliphatic heterocycles. The van der Waals surface area contributed by atoms with Gasteiger partial charge in [-0.1, -0.05) is 6.07 Å². The van der Waals surface area contributed by atoms with E-state index in [9.17, 15) is 18.0 Å². The third-order valence-corrected chi connectivity index (χ3v) is 3.98. The number of fused-ring (bicyclic) bond motifs is 1. The van der Waals surface area contributed by atoms with Crippen LogP contribution in [0, 0.1) is 0 Å². The molecule has 0 saturated carbocycles. The van der Waals surface area contributed by atoms with Gasteiger partial charge in [-0.15, -0.1) is 0 Å². The van der Waals surface area contributed by atoms with Crippen molar-refractivity contribution < 1.29 is 32.2 Å². The molecule has 0 fully saturated rings. The lowest BCUT2D eigenvalue weighted by molar-refractivity contribution is -0.137. The predicted octanol–water partition coefficient (Wildman–Crippen LogP) is 3.22. The number of nitrogens with one attached hydrogen (secondary N) is 3. The highest BCUT2D eigenvalue weighted by Crippen LogP contribution is 2.34. The van der Waals surface area contributed by atoms with Crippen molar-refractivity contribution in [2.45, 2.75) is 19.2 Å². The van der Waals surface area contributed by atoms with Gasteiger partial charge < -0.3 is 19.5 Å². The molecular formula is C18H16F3N3O4S. The lowest BCUT2D eigenvalue weighted by Gasteiger charge is -2.17. The number of halogens is 3. The maximum atomic E-state index is 12.7. The smallest absolute Gasteiger partial charge is 0.416 e. The van der Waals surface area contributed by atoms with Crippen LogP contribution in [0.15, 0.2) is 42.5 Å². The molecule has 11 heteroatoms. The third-order valence-electron chi connectivity index (χ3n) is 3.77. The monoisotopic (exact) mass is 427 g/mol. The van der Waals surface area contributed by atoms with E-state index in [0.717, 1.165) is 12.1 Å². The Morgan fingerprint density at radius 1 is 1.14 bits per heavy atom. The summed E-state index contributed by atoms with van der Waals surface area (Å²) in [4.78, 5) is 12.1. The molecule has 0 bridgehead atoms. The van der Waals surface area contributed by atoms with Gasteiger partial charge in [-0.25, -0.2) is 0 Å². The fourth-order valence-corrected chi connectivity index (χ4v) is 2.53. The molecule has 0 saturated heterocycles. The number of hydrazine groups is 1. The Morgan fingerprint density at radius 3 is 2.66 bits per heavy atom. The van der Waals surface area contributed by atoms with Crippen LogP contribution < -0.4 is 30.4 Å². The van der Waals surface area contributed by atoms with E-state index in [0.29, 0.717) is 17.2 Å². The zero-order chi connectivity index (χ0) is 21.0. The number of thiocarbonyl (C=S) groups is 1. The number of rotatable bonds is 4. The standard InChI is InChI=1S/C18H16F3N3O4S/c1-10(28-13-4-2-3-11(7-13)18(19,20)21)16(25)23-24-17(29)22-12-5-6-14-15(8-12)27-9-26-14/h2-8,10H,9H2,1H3,(H,23,25)(H2,22,24,29)/t10-/m1/s1. The van der Waals surface area contributed by atoms with E-state index in [1.165, 1.54) is 19.1 Å². The Hall–Kier alpha value is -3.21. The highest BCUT2D eigenvalue weighted by atomic mass is 32.1. The summed E-state index contributed by atoms with van der Waals surface area (Å²) in [6.45, 7) is 1.53. The van der Waals surface area contributed by atoms with Crippen molar-refractivity contribution in [3.63, 3.8) is 0 Å². The first kappa shape index (κ1) is 20.5. The van der Waals surface area contributed by atoms with Gasteiger partial charge in [0.2, 0.25) is 6.79 Å². The molecule has 0 spiro atoms. The molecule has 0 radical (unpaired) electrons. The van der Waals surface area contributed by atoms with E-state index in [-0.39, 0.29) is 17.7 Å². The molecule has 2 aromatic carbocycles. The highest BCUT2D eigenvalue weighted by Gasteiger charge is 2.31. The van der Waals surface area contributed by atoms with Gasteiger partial charge in [0.15, 0.2) is 22.7 Å². The molecule has 2 aromatic rings. The summed E-state index contributed by atoms with van der Waals surface area (Å²) in [5, 5.41) is 2.93. The minimum Gasteiger partial charge on any atom is -0.481 e. The summed E-state index contributed by atoms with van der Waals surface area (Å²) in [5.74, 6) is 0.467. The molecule has 1 atom stereocenters. The number of ether oxygens (including phenoxy) is 3. The molecule has 0 aromatic heterocycles. The van der Waals surface area contributed by atoms with Crippen molar-refractivity contribution in [3.05, 3.63) is 48.0 Å². The summed E-state index contributed by atoms with van der Waals surface area (Å²) < 4.78 is 54.0. The SMILES string of the molecule is C[C@@H](Oc1cccc(C(F)(F)F)c1)C(=O)NNC(=S)Nc1ccc2c(c1)OCO2. The van der Waals surface area contributed by atoms with Crippen molar-refractivity contribution >= 4 is 28.9 Å². The number of anilines is 1. The van der Waals surface area contributed by atoms with Crippen LogP contribution in [0.3, 0.4) is 0 Å². The van der Waals surface area contributed by atoms with Crippen molar-refractivity contribution in [2.75, 3.05) is 12.1 Å². The number of hydrogen-bond acceptors (Lipinski definition) is 5. The summed E-state index contributed by atoms with van der Waals surface area (Å²) in [5.41, 5.74) is 4.55. The second-order valence-corrected chi connectivity index (χ2v) is 6.33. The van der Waals surface area contributed by atoms with E-state index in [4.69, 9.17) is 26.4 Å². The van der Waals surface area contributed by atoms with Crippen molar-refractivity contribution in [1.29, 1.82) is 0 Å². The quantitative estimate of drug-likeness (QED) is 0.511. The van der Waals surface area contributed by atoms with E-state index >= 15 is 0 Å². The second kappa shape index (κ2) is 8.43. The number of benzene rings is 2. The molecule has 7 nitrogen and oxygen atoms in total. The van der Waals surface area contributed by atoms with E-state index in [2.05, 4.69) is 16.2 Å². The second-order valence-electron chi connectivity index (χ2n) is 5.92. The third kappa shape index (κ3) is 5.41. The van der Waals surface area contributed by atoms with Crippen molar-refractivity contribution in [1.82, 2.24) is 10.9 Å². The summed E-state index contributed by atoms with van der Waals surface area (Å²) >= 11 is 5.08. The lowest BCUT2D eigenvalue weighted by atomic mass is 10.2. The van der Waals surface area contributed by atoms with Gasteiger partial charge in [0.05, 0.1) is 5.56 Å². The number of carbonyl (C=O) groups is 1. The maximum absolute atomic E-state index is 12.7. The number of amides is 1. The fourth-order valence-electron chi connectivity index (χ4n) is 2.36. The van der Waals surface area contributed by atoms with Crippen LogP contribution in [0.5, 0.6) is 17.2 Å². The molecule has 0 aliphatic carbocycles. The van der Waals surface area contributed by atoms with Crippen LogP contribution >= 0.6 is 12.2 Å². The van der Waals surface area contributed by atoms with Gasteiger partial charge in [-0.05, 0) is 49.5 Å². The Kier molecular flexibility index (Phi) is 5.97. The first-order valence-electron chi connectivity index (χ1n) is 8.33. The molecule has 0 unspecified atom stereocenters. The first-order chi connectivity index (χ1) is 13.7. The molecule has 3 N–H and O–H groups in total. The topological polar surface area (TPSA) is 80.9 Å². The van der Waals surface area contributed by atoms with Crippen LogP contribution in [-0.4, -0.2) is 23.9 Å². The van der Waals surface area contributed by atoms with E-state index < -0.39 is 23.8 Å². The summed E-state index contributed by atoms with van der Waals surface area (Å²) in [7, 11) is 0. The fraction of sp³-hybridized carbons (Fsp3) is 0.222.